The number of aliphatic imine (C=N–C) groups is 1. The number of carbonyl (C=O) groups is 1. The molecule has 1 atom stereocenters. The number of rotatable bonds is 4. The van der Waals surface area contributed by atoms with Crippen molar-refractivity contribution < 1.29 is 9.90 Å². The summed E-state index contributed by atoms with van der Waals surface area (Å²) in [5.41, 5.74) is 5.38. The summed E-state index contributed by atoms with van der Waals surface area (Å²) in [5.74, 6) is 0.0599. The SMILES string of the molecule is NC(CCNC1=NCCCCC1)C(=O)O. The van der Waals surface area contributed by atoms with Crippen molar-refractivity contribution in [2.75, 3.05) is 13.1 Å². The Morgan fingerprint density at radius 3 is 3.07 bits per heavy atom. The summed E-state index contributed by atoms with van der Waals surface area (Å²) in [7, 11) is 0. The van der Waals surface area contributed by atoms with E-state index in [1.165, 1.54) is 6.42 Å². The van der Waals surface area contributed by atoms with Gasteiger partial charge in [-0.3, -0.25) is 9.79 Å². The van der Waals surface area contributed by atoms with Gasteiger partial charge in [0.25, 0.3) is 0 Å². The molecule has 0 spiro atoms. The highest BCUT2D eigenvalue weighted by atomic mass is 16.4. The number of carboxylic acids is 1. The summed E-state index contributed by atoms with van der Waals surface area (Å²) in [5, 5.41) is 11.7. The van der Waals surface area contributed by atoms with Crippen LogP contribution in [0.15, 0.2) is 4.99 Å². The smallest absolute Gasteiger partial charge is 0.320 e. The molecule has 0 aromatic rings. The van der Waals surface area contributed by atoms with Crippen molar-refractivity contribution in [1.29, 1.82) is 0 Å². The topological polar surface area (TPSA) is 87.7 Å². The standard InChI is InChI=1S/C10H19N3O2/c11-8(10(14)15)5-7-13-9-4-2-1-3-6-12-9/h8H,1-7,11H2,(H,12,13)(H,14,15). The van der Waals surface area contributed by atoms with Crippen LogP contribution in [0.25, 0.3) is 0 Å². The van der Waals surface area contributed by atoms with Crippen molar-refractivity contribution in [3.05, 3.63) is 0 Å². The van der Waals surface area contributed by atoms with E-state index in [9.17, 15) is 4.79 Å². The maximum Gasteiger partial charge on any atom is 0.320 e. The van der Waals surface area contributed by atoms with Gasteiger partial charge in [-0.25, -0.2) is 0 Å². The maximum atomic E-state index is 10.5. The second-order valence-corrected chi connectivity index (χ2v) is 3.80. The molecule has 1 rings (SSSR count). The number of aliphatic carboxylic acids is 1. The Balaban J connectivity index is 2.18. The second-order valence-electron chi connectivity index (χ2n) is 3.80. The van der Waals surface area contributed by atoms with Gasteiger partial charge in [-0.15, -0.1) is 0 Å². The Labute approximate surface area is 89.8 Å². The molecule has 86 valence electrons. The molecule has 5 heteroatoms. The molecule has 0 aromatic heterocycles. The first-order valence-corrected chi connectivity index (χ1v) is 5.45. The normalized spacial score (nSPS) is 18.9. The van der Waals surface area contributed by atoms with Crippen molar-refractivity contribution in [2.24, 2.45) is 10.7 Å². The van der Waals surface area contributed by atoms with Gasteiger partial charge in [-0.1, -0.05) is 6.42 Å². The van der Waals surface area contributed by atoms with E-state index < -0.39 is 12.0 Å². The maximum absolute atomic E-state index is 10.5. The molecule has 0 fully saturated rings. The molecular weight excluding hydrogens is 194 g/mol. The molecule has 0 aliphatic carbocycles. The lowest BCUT2D eigenvalue weighted by molar-refractivity contribution is -0.138. The average Bonchev–Trinajstić information content (AvgIpc) is 2.46. The fourth-order valence-electron chi connectivity index (χ4n) is 1.51. The Morgan fingerprint density at radius 2 is 2.33 bits per heavy atom. The monoisotopic (exact) mass is 213 g/mol. The molecule has 0 radical (unpaired) electrons. The fraction of sp³-hybridized carbons (Fsp3) is 0.800. The number of amidine groups is 1. The van der Waals surface area contributed by atoms with Crippen LogP contribution in [0.3, 0.4) is 0 Å². The van der Waals surface area contributed by atoms with Crippen LogP contribution in [0.1, 0.15) is 32.1 Å². The molecular formula is C10H19N3O2. The molecule has 1 aliphatic heterocycles. The molecule has 5 nitrogen and oxygen atoms in total. The van der Waals surface area contributed by atoms with Crippen molar-refractivity contribution in [3.63, 3.8) is 0 Å². The number of nitrogens with zero attached hydrogens (tertiary/aromatic N) is 1. The third-order valence-corrected chi connectivity index (χ3v) is 2.48. The Morgan fingerprint density at radius 1 is 1.53 bits per heavy atom. The third kappa shape index (κ3) is 4.78. The summed E-state index contributed by atoms with van der Waals surface area (Å²) in [6, 6.07) is -0.774. The molecule has 0 saturated carbocycles. The van der Waals surface area contributed by atoms with E-state index in [1.807, 2.05) is 0 Å². The van der Waals surface area contributed by atoms with Crippen LogP contribution in [-0.4, -0.2) is 36.0 Å². The Bertz CT molecular complexity index is 241. The highest BCUT2D eigenvalue weighted by Crippen LogP contribution is 2.05. The highest BCUT2D eigenvalue weighted by molar-refractivity contribution is 5.82. The van der Waals surface area contributed by atoms with Crippen molar-refractivity contribution in [2.45, 2.75) is 38.1 Å². The number of hydrogen-bond donors (Lipinski definition) is 3. The van der Waals surface area contributed by atoms with Crippen LogP contribution in [0, 0.1) is 0 Å². The average molecular weight is 213 g/mol. The first kappa shape index (κ1) is 12.0. The van der Waals surface area contributed by atoms with Crippen LogP contribution in [0.4, 0.5) is 0 Å². The van der Waals surface area contributed by atoms with E-state index in [0.717, 1.165) is 31.6 Å². The summed E-state index contributed by atoms with van der Waals surface area (Å²) >= 11 is 0. The van der Waals surface area contributed by atoms with E-state index in [-0.39, 0.29) is 0 Å². The van der Waals surface area contributed by atoms with Gasteiger partial charge in [0.05, 0.1) is 5.84 Å². The van der Waals surface area contributed by atoms with E-state index >= 15 is 0 Å². The zero-order valence-corrected chi connectivity index (χ0v) is 8.91. The van der Waals surface area contributed by atoms with Crippen LogP contribution in [-0.2, 0) is 4.79 Å². The van der Waals surface area contributed by atoms with Crippen LogP contribution in [0.5, 0.6) is 0 Å². The predicted octanol–water partition coefficient (Wildman–Crippen LogP) is 0.350. The molecule has 1 unspecified atom stereocenters. The number of nitrogens with two attached hydrogens (primary N) is 1. The molecule has 0 amide bonds. The molecule has 0 bridgehead atoms. The lowest BCUT2D eigenvalue weighted by Crippen LogP contribution is -2.35. The van der Waals surface area contributed by atoms with Crippen molar-refractivity contribution >= 4 is 11.8 Å². The van der Waals surface area contributed by atoms with Gasteiger partial charge in [0.2, 0.25) is 0 Å². The van der Waals surface area contributed by atoms with Crippen LogP contribution >= 0.6 is 0 Å². The quantitative estimate of drug-likeness (QED) is 0.629. The van der Waals surface area contributed by atoms with E-state index in [0.29, 0.717) is 13.0 Å². The minimum atomic E-state index is -0.945. The Kier molecular flexibility index (Phi) is 5.10. The third-order valence-electron chi connectivity index (χ3n) is 2.48. The van der Waals surface area contributed by atoms with E-state index in [4.69, 9.17) is 10.8 Å². The number of hydrogen-bond acceptors (Lipinski definition) is 4. The lowest BCUT2D eigenvalue weighted by atomic mass is 10.2. The van der Waals surface area contributed by atoms with Crippen molar-refractivity contribution in [3.8, 4) is 0 Å². The summed E-state index contributed by atoms with van der Waals surface area (Å²) in [4.78, 5) is 14.8. The zero-order valence-electron chi connectivity index (χ0n) is 8.91. The molecule has 0 aromatic carbocycles. The largest absolute Gasteiger partial charge is 0.480 e. The minimum absolute atomic E-state index is 0.439. The van der Waals surface area contributed by atoms with Gasteiger partial charge < -0.3 is 16.2 Å². The first-order valence-electron chi connectivity index (χ1n) is 5.45. The van der Waals surface area contributed by atoms with Gasteiger partial charge >= 0.3 is 5.97 Å². The van der Waals surface area contributed by atoms with Crippen LogP contribution in [0.2, 0.25) is 0 Å². The lowest BCUT2D eigenvalue weighted by Gasteiger charge is -2.10. The number of nitrogens with one attached hydrogen (secondary N) is 1. The highest BCUT2D eigenvalue weighted by Gasteiger charge is 2.11. The van der Waals surface area contributed by atoms with Gasteiger partial charge in [0, 0.05) is 19.5 Å². The summed E-state index contributed by atoms with van der Waals surface area (Å²) in [6.07, 6.45) is 4.95. The van der Waals surface area contributed by atoms with Gasteiger partial charge in [-0.2, -0.15) is 0 Å². The molecule has 0 saturated heterocycles. The van der Waals surface area contributed by atoms with Gasteiger partial charge in [0.15, 0.2) is 0 Å². The summed E-state index contributed by atoms with van der Waals surface area (Å²) < 4.78 is 0. The molecule has 1 heterocycles. The fourth-order valence-corrected chi connectivity index (χ4v) is 1.51. The van der Waals surface area contributed by atoms with Gasteiger partial charge in [0.1, 0.15) is 6.04 Å². The first-order chi connectivity index (χ1) is 7.20. The van der Waals surface area contributed by atoms with E-state index in [2.05, 4.69) is 10.3 Å². The Hall–Kier alpha value is -1.10. The second kappa shape index (κ2) is 6.40. The summed E-state index contributed by atoms with van der Waals surface area (Å²) in [6.45, 7) is 1.47. The molecule has 1 aliphatic rings. The molecule has 15 heavy (non-hydrogen) atoms. The number of carboxylic acid groups (broad SMARTS) is 1. The minimum Gasteiger partial charge on any atom is -0.480 e. The van der Waals surface area contributed by atoms with Crippen LogP contribution < -0.4 is 11.1 Å². The van der Waals surface area contributed by atoms with Crippen molar-refractivity contribution in [1.82, 2.24) is 5.32 Å². The van der Waals surface area contributed by atoms with Gasteiger partial charge in [-0.05, 0) is 19.3 Å². The van der Waals surface area contributed by atoms with E-state index in [1.54, 1.807) is 0 Å². The predicted molar refractivity (Wildman–Crippen MR) is 59.0 cm³/mol. The molecule has 4 N–H and O–H groups in total. The zero-order chi connectivity index (χ0) is 11.1.